The van der Waals surface area contributed by atoms with Crippen molar-refractivity contribution < 1.29 is 19.1 Å². The number of carbonyl (C=O) groups is 2. The van der Waals surface area contributed by atoms with Gasteiger partial charge in [-0.2, -0.15) is 0 Å². The van der Waals surface area contributed by atoms with Gasteiger partial charge in [0.1, 0.15) is 17.5 Å². The highest BCUT2D eigenvalue weighted by atomic mass is 35.5. The topological polar surface area (TPSA) is 67.9 Å². The number of methoxy groups -OCH3 is 1. The van der Waals surface area contributed by atoms with Crippen LogP contribution in [0.25, 0.3) is 0 Å². The molecule has 0 aliphatic rings. The molecule has 0 heterocycles. The van der Waals surface area contributed by atoms with Crippen molar-refractivity contribution in [2.24, 2.45) is 0 Å². The van der Waals surface area contributed by atoms with E-state index in [1.807, 2.05) is 49.4 Å². The second kappa shape index (κ2) is 12.8. The summed E-state index contributed by atoms with van der Waals surface area (Å²) < 4.78 is 10.8. The largest absolute Gasteiger partial charge is 0.497 e. The van der Waals surface area contributed by atoms with E-state index in [2.05, 4.69) is 5.32 Å². The molecule has 2 rings (SSSR count). The molecule has 7 heteroatoms. The van der Waals surface area contributed by atoms with Crippen molar-refractivity contribution >= 4 is 23.4 Å². The summed E-state index contributed by atoms with van der Waals surface area (Å²) in [5.74, 6) is 1.19. The zero-order chi connectivity index (χ0) is 22.6. The number of carbonyl (C=O) groups excluding carboxylic acids is 2. The van der Waals surface area contributed by atoms with Gasteiger partial charge in [0.25, 0.3) is 0 Å². The van der Waals surface area contributed by atoms with Crippen LogP contribution in [0.5, 0.6) is 11.5 Å². The third-order valence-corrected chi connectivity index (χ3v) is 5.25. The average molecular weight is 447 g/mol. The SMILES string of the molecule is CCCNC(=O)C(C)N(Cc1ccccc1Cl)C(=O)CCCOc1ccc(OC)cc1. The maximum absolute atomic E-state index is 13.0. The van der Waals surface area contributed by atoms with Gasteiger partial charge in [0.15, 0.2) is 0 Å². The lowest BCUT2D eigenvalue weighted by molar-refractivity contribution is -0.140. The molecule has 1 unspecified atom stereocenters. The first kappa shape index (κ1) is 24.5. The molecular weight excluding hydrogens is 416 g/mol. The van der Waals surface area contributed by atoms with Gasteiger partial charge in [-0.3, -0.25) is 9.59 Å². The Morgan fingerprint density at radius 3 is 2.42 bits per heavy atom. The highest BCUT2D eigenvalue weighted by Gasteiger charge is 2.26. The highest BCUT2D eigenvalue weighted by molar-refractivity contribution is 6.31. The van der Waals surface area contributed by atoms with Gasteiger partial charge in [0.05, 0.1) is 13.7 Å². The number of nitrogens with zero attached hydrogens (tertiary/aromatic N) is 1. The molecule has 0 radical (unpaired) electrons. The number of hydrogen-bond acceptors (Lipinski definition) is 4. The minimum absolute atomic E-state index is 0.114. The molecule has 0 bridgehead atoms. The summed E-state index contributed by atoms with van der Waals surface area (Å²) in [6.07, 6.45) is 1.64. The lowest BCUT2D eigenvalue weighted by atomic mass is 10.1. The predicted molar refractivity (Wildman–Crippen MR) is 122 cm³/mol. The minimum Gasteiger partial charge on any atom is -0.497 e. The Kier molecular flexibility index (Phi) is 10.2. The van der Waals surface area contributed by atoms with Crippen molar-refractivity contribution in [1.82, 2.24) is 10.2 Å². The Morgan fingerprint density at radius 1 is 1.10 bits per heavy atom. The normalized spacial score (nSPS) is 11.5. The van der Waals surface area contributed by atoms with Crippen LogP contribution in [0, 0.1) is 0 Å². The third-order valence-electron chi connectivity index (χ3n) is 4.88. The Bertz CT molecular complexity index is 842. The first-order valence-electron chi connectivity index (χ1n) is 10.5. The van der Waals surface area contributed by atoms with E-state index in [0.29, 0.717) is 30.3 Å². The molecule has 0 spiro atoms. The molecule has 31 heavy (non-hydrogen) atoms. The second-order valence-electron chi connectivity index (χ2n) is 7.21. The van der Waals surface area contributed by atoms with Crippen LogP contribution in [0.2, 0.25) is 5.02 Å². The minimum atomic E-state index is -0.599. The highest BCUT2D eigenvalue weighted by Crippen LogP contribution is 2.20. The van der Waals surface area contributed by atoms with Crippen molar-refractivity contribution in [3.8, 4) is 11.5 Å². The fraction of sp³-hybridized carbons (Fsp3) is 0.417. The van der Waals surface area contributed by atoms with E-state index in [0.717, 1.165) is 17.7 Å². The maximum atomic E-state index is 13.0. The Labute approximate surface area is 189 Å². The van der Waals surface area contributed by atoms with Crippen LogP contribution in [0.4, 0.5) is 0 Å². The van der Waals surface area contributed by atoms with E-state index in [1.54, 1.807) is 25.0 Å². The zero-order valence-electron chi connectivity index (χ0n) is 18.4. The predicted octanol–water partition coefficient (Wildman–Crippen LogP) is 4.45. The molecule has 2 aromatic rings. The molecule has 1 N–H and O–H groups in total. The van der Waals surface area contributed by atoms with Crippen LogP contribution < -0.4 is 14.8 Å². The van der Waals surface area contributed by atoms with Crippen LogP contribution >= 0.6 is 11.6 Å². The summed E-state index contributed by atoms with van der Waals surface area (Å²) in [6, 6.07) is 14.0. The third kappa shape index (κ3) is 7.79. The lowest BCUT2D eigenvalue weighted by Gasteiger charge is -2.29. The van der Waals surface area contributed by atoms with E-state index >= 15 is 0 Å². The monoisotopic (exact) mass is 446 g/mol. The van der Waals surface area contributed by atoms with Gasteiger partial charge >= 0.3 is 0 Å². The molecule has 0 aliphatic heterocycles. The molecule has 1 atom stereocenters. The molecule has 0 fully saturated rings. The van der Waals surface area contributed by atoms with Crippen molar-refractivity contribution in [2.75, 3.05) is 20.3 Å². The molecule has 0 aromatic heterocycles. The number of halogens is 1. The van der Waals surface area contributed by atoms with Crippen molar-refractivity contribution in [1.29, 1.82) is 0 Å². The smallest absolute Gasteiger partial charge is 0.242 e. The Hall–Kier alpha value is -2.73. The van der Waals surface area contributed by atoms with Gasteiger partial charge in [-0.25, -0.2) is 0 Å². The van der Waals surface area contributed by atoms with Crippen LogP contribution in [-0.2, 0) is 16.1 Å². The van der Waals surface area contributed by atoms with Crippen LogP contribution in [0.1, 0.15) is 38.7 Å². The standard InChI is InChI=1S/C24H31ClN2O4/c1-4-15-26-24(29)18(2)27(17-19-8-5-6-9-22(19)25)23(28)10-7-16-31-21-13-11-20(30-3)12-14-21/h5-6,8-9,11-14,18H,4,7,10,15-17H2,1-3H3,(H,26,29). The molecule has 168 valence electrons. The van der Waals surface area contributed by atoms with Gasteiger partial charge in [0.2, 0.25) is 11.8 Å². The average Bonchev–Trinajstić information content (AvgIpc) is 2.79. The summed E-state index contributed by atoms with van der Waals surface area (Å²) in [5, 5.41) is 3.44. The summed E-state index contributed by atoms with van der Waals surface area (Å²) in [5.41, 5.74) is 0.808. The second-order valence-corrected chi connectivity index (χ2v) is 7.61. The van der Waals surface area contributed by atoms with Gasteiger partial charge in [0, 0.05) is 24.5 Å². The number of hydrogen-bond donors (Lipinski definition) is 1. The van der Waals surface area contributed by atoms with Gasteiger partial charge in [-0.05, 0) is 55.7 Å². The molecule has 0 saturated carbocycles. The van der Waals surface area contributed by atoms with Gasteiger partial charge < -0.3 is 19.7 Å². The van der Waals surface area contributed by atoms with Crippen LogP contribution in [0.15, 0.2) is 48.5 Å². The van der Waals surface area contributed by atoms with E-state index < -0.39 is 6.04 Å². The van der Waals surface area contributed by atoms with E-state index in [1.165, 1.54) is 0 Å². The molecular formula is C24H31ClN2O4. The first-order valence-corrected chi connectivity index (χ1v) is 10.9. The van der Waals surface area contributed by atoms with Gasteiger partial charge in [-0.15, -0.1) is 0 Å². The summed E-state index contributed by atoms with van der Waals surface area (Å²) in [6.45, 7) is 4.98. The van der Waals surface area contributed by atoms with E-state index in [-0.39, 0.29) is 24.8 Å². The Balaban J connectivity index is 1.97. The number of rotatable bonds is 12. The number of benzene rings is 2. The van der Waals surface area contributed by atoms with Crippen molar-refractivity contribution in [3.05, 3.63) is 59.1 Å². The van der Waals surface area contributed by atoms with Crippen LogP contribution in [-0.4, -0.2) is 43.0 Å². The summed E-state index contributed by atoms with van der Waals surface area (Å²) >= 11 is 6.29. The van der Waals surface area contributed by atoms with E-state index in [9.17, 15) is 9.59 Å². The van der Waals surface area contributed by atoms with E-state index in [4.69, 9.17) is 21.1 Å². The van der Waals surface area contributed by atoms with Gasteiger partial charge in [-0.1, -0.05) is 36.7 Å². The lowest BCUT2D eigenvalue weighted by Crippen LogP contribution is -2.47. The number of amides is 2. The van der Waals surface area contributed by atoms with Crippen molar-refractivity contribution in [2.45, 2.75) is 45.7 Å². The molecule has 2 amide bonds. The Morgan fingerprint density at radius 2 is 1.77 bits per heavy atom. The fourth-order valence-corrected chi connectivity index (χ4v) is 3.21. The molecule has 0 aliphatic carbocycles. The molecule has 6 nitrogen and oxygen atoms in total. The van der Waals surface area contributed by atoms with Crippen LogP contribution in [0.3, 0.4) is 0 Å². The van der Waals surface area contributed by atoms with Crippen molar-refractivity contribution in [3.63, 3.8) is 0 Å². The quantitative estimate of drug-likeness (QED) is 0.489. The number of nitrogens with one attached hydrogen (secondary N) is 1. The molecule has 2 aromatic carbocycles. The summed E-state index contributed by atoms with van der Waals surface area (Å²) in [7, 11) is 1.61. The zero-order valence-corrected chi connectivity index (χ0v) is 19.2. The molecule has 0 saturated heterocycles. The summed E-state index contributed by atoms with van der Waals surface area (Å²) in [4.78, 5) is 27.1. The first-order chi connectivity index (χ1) is 15.0. The fourth-order valence-electron chi connectivity index (χ4n) is 3.02. The number of ether oxygens (including phenoxy) is 2. The maximum Gasteiger partial charge on any atom is 0.242 e.